The predicted molar refractivity (Wildman–Crippen MR) is 54.0 cm³/mol. The van der Waals surface area contributed by atoms with Crippen LogP contribution in [0.5, 0.6) is 0 Å². The highest BCUT2D eigenvalue weighted by Gasteiger charge is 2.09. The first kappa shape index (κ1) is 9.58. The lowest BCUT2D eigenvalue weighted by molar-refractivity contribution is 0.112. The van der Waals surface area contributed by atoms with E-state index in [0.29, 0.717) is 23.1 Å². The number of aromatic nitrogens is 2. The van der Waals surface area contributed by atoms with Crippen LogP contribution in [0.2, 0.25) is 0 Å². The van der Waals surface area contributed by atoms with E-state index in [1.165, 1.54) is 18.2 Å². The van der Waals surface area contributed by atoms with Crippen LogP contribution in [-0.4, -0.2) is 16.1 Å². The molecule has 76 valence electrons. The third kappa shape index (κ3) is 1.66. The number of carbonyl (C=O) groups is 1. The van der Waals surface area contributed by atoms with Crippen LogP contribution in [0.4, 0.5) is 4.39 Å². The van der Waals surface area contributed by atoms with Crippen LogP contribution in [0, 0.1) is 5.82 Å². The van der Waals surface area contributed by atoms with Crippen LogP contribution in [-0.2, 0) is 7.05 Å². The minimum Gasteiger partial charge on any atom is -0.298 e. The van der Waals surface area contributed by atoms with E-state index in [1.54, 1.807) is 24.0 Å². The van der Waals surface area contributed by atoms with Crippen molar-refractivity contribution in [2.45, 2.75) is 0 Å². The van der Waals surface area contributed by atoms with E-state index in [4.69, 9.17) is 0 Å². The van der Waals surface area contributed by atoms with Gasteiger partial charge in [0.15, 0.2) is 0 Å². The van der Waals surface area contributed by atoms with Crippen LogP contribution in [0.25, 0.3) is 11.3 Å². The Morgan fingerprint density at radius 3 is 2.80 bits per heavy atom. The Balaban J connectivity index is 2.61. The molecule has 3 nitrogen and oxygen atoms in total. The van der Waals surface area contributed by atoms with Crippen molar-refractivity contribution in [3.8, 4) is 11.3 Å². The van der Waals surface area contributed by atoms with Gasteiger partial charge >= 0.3 is 0 Å². The summed E-state index contributed by atoms with van der Waals surface area (Å²) in [5.74, 6) is -0.357. The number of aldehydes is 1. The standard InChI is InChI=1S/C11H9FN2O/c1-14-11(4-5-13-14)9-6-8(7-15)2-3-10(9)12/h2-7H,1H3. The zero-order chi connectivity index (χ0) is 10.8. The van der Waals surface area contributed by atoms with Gasteiger partial charge in [0.1, 0.15) is 12.1 Å². The Morgan fingerprint density at radius 2 is 2.20 bits per heavy atom. The number of hydrogen-bond acceptors (Lipinski definition) is 2. The first-order valence-corrected chi connectivity index (χ1v) is 4.45. The smallest absolute Gasteiger partial charge is 0.150 e. The van der Waals surface area contributed by atoms with E-state index in [2.05, 4.69) is 5.10 Å². The maximum atomic E-state index is 13.5. The van der Waals surface area contributed by atoms with Crippen molar-refractivity contribution in [2.24, 2.45) is 7.05 Å². The van der Waals surface area contributed by atoms with Crippen LogP contribution < -0.4 is 0 Å². The van der Waals surface area contributed by atoms with Gasteiger partial charge in [0.05, 0.1) is 5.69 Å². The molecule has 1 aromatic carbocycles. The second kappa shape index (κ2) is 3.65. The molecule has 0 saturated carbocycles. The van der Waals surface area contributed by atoms with Gasteiger partial charge in [-0.25, -0.2) is 4.39 Å². The molecule has 0 radical (unpaired) electrons. The minimum atomic E-state index is -0.357. The topological polar surface area (TPSA) is 34.9 Å². The highest BCUT2D eigenvalue weighted by molar-refractivity contribution is 5.78. The van der Waals surface area contributed by atoms with E-state index in [0.717, 1.165) is 0 Å². The molecule has 1 heterocycles. The molecule has 0 atom stereocenters. The highest BCUT2D eigenvalue weighted by Crippen LogP contribution is 2.22. The van der Waals surface area contributed by atoms with Crippen molar-refractivity contribution in [3.05, 3.63) is 41.8 Å². The summed E-state index contributed by atoms with van der Waals surface area (Å²) in [6, 6.07) is 5.95. The fourth-order valence-electron chi connectivity index (χ4n) is 1.45. The van der Waals surface area contributed by atoms with Crippen molar-refractivity contribution >= 4 is 6.29 Å². The molecular formula is C11H9FN2O. The molecule has 0 aliphatic rings. The Morgan fingerprint density at radius 1 is 1.40 bits per heavy atom. The Labute approximate surface area is 86.2 Å². The summed E-state index contributed by atoms with van der Waals surface area (Å²) in [7, 11) is 1.72. The normalized spacial score (nSPS) is 10.3. The number of hydrogen-bond donors (Lipinski definition) is 0. The molecule has 0 unspecified atom stereocenters. The molecule has 0 amide bonds. The van der Waals surface area contributed by atoms with Gasteiger partial charge < -0.3 is 0 Å². The molecule has 0 fully saturated rings. The maximum Gasteiger partial charge on any atom is 0.150 e. The summed E-state index contributed by atoms with van der Waals surface area (Å²) in [6.07, 6.45) is 2.28. The lowest BCUT2D eigenvalue weighted by Gasteiger charge is -2.04. The first-order chi connectivity index (χ1) is 7.22. The monoisotopic (exact) mass is 204 g/mol. The van der Waals surface area contributed by atoms with Gasteiger partial charge in [0, 0.05) is 24.4 Å². The molecule has 0 aliphatic carbocycles. The van der Waals surface area contributed by atoms with Gasteiger partial charge in [-0.15, -0.1) is 0 Å². The van der Waals surface area contributed by atoms with E-state index < -0.39 is 0 Å². The molecule has 0 aliphatic heterocycles. The van der Waals surface area contributed by atoms with Crippen LogP contribution in [0.3, 0.4) is 0 Å². The van der Waals surface area contributed by atoms with Gasteiger partial charge in [0.2, 0.25) is 0 Å². The number of aryl methyl sites for hydroxylation is 1. The van der Waals surface area contributed by atoms with Crippen molar-refractivity contribution in [3.63, 3.8) is 0 Å². The predicted octanol–water partition coefficient (Wildman–Crippen LogP) is 2.04. The molecule has 0 spiro atoms. The minimum absolute atomic E-state index is 0.357. The maximum absolute atomic E-state index is 13.5. The molecule has 0 saturated heterocycles. The van der Waals surface area contributed by atoms with Gasteiger partial charge in [-0.2, -0.15) is 5.10 Å². The molecule has 0 N–H and O–H groups in total. The van der Waals surface area contributed by atoms with Crippen LogP contribution in [0.15, 0.2) is 30.5 Å². The summed E-state index contributed by atoms with van der Waals surface area (Å²) >= 11 is 0. The summed E-state index contributed by atoms with van der Waals surface area (Å²) in [5, 5.41) is 3.95. The van der Waals surface area contributed by atoms with Gasteiger partial charge in [-0.1, -0.05) is 0 Å². The second-order valence-corrected chi connectivity index (χ2v) is 3.20. The average Bonchev–Trinajstić information content (AvgIpc) is 2.65. The van der Waals surface area contributed by atoms with Gasteiger partial charge in [-0.05, 0) is 24.3 Å². The molecule has 2 rings (SSSR count). The Kier molecular flexibility index (Phi) is 2.33. The van der Waals surface area contributed by atoms with E-state index in [9.17, 15) is 9.18 Å². The van der Waals surface area contributed by atoms with Crippen LogP contribution >= 0.6 is 0 Å². The quantitative estimate of drug-likeness (QED) is 0.701. The molecule has 15 heavy (non-hydrogen) atoms. The largest absolute Gasteiger partial charge is 0.298 e. The van der Waals surface area contributed by atoms with Crippen molar-refractivity contribution in [2.75, 3.05) is 0 Å². The fraction of sp³-hybridized carbons (Fsp3) is 0.0909. The lowest BCUT2D eigenvalue weighted by Crippen LogP contribution is -1.96. The van der Waals surface area contributed by atoms with Crippen molar-refractivity contribution in [1.29, 1.82) is 0 Å². The SMILES string of the molecule is Cn1nccc1-c1cc(C=O)ccc1F. The molecular weight excluding hydrogens is 195 g/mol. The second-order valence-electron chi connectivity index (χ2n) is 3.20. The van der Waals surface area contributed by atoms with E-state index in [1.807, 2.05) is 0 Å². The van der Waals surface area contributed by atoms with Gasteiger partial charge in [-0.3, -0.25) is 9.48 Å². The third-order valence-corrected chi connectivity index (χ3v) is 2.22. The summed E-state index contributed by atoms with van der Waals surface area (Å²) < 4.78 is 15.1. The number of benzene rings is 1. The fourth-order valence-corrected chi connectivity index (χ4v) is 1.45. The first-order valence-electron chi connectivity index (χ1n) is 4.45. The molecule has 4 heteroatoms. The Hall–Kier alpha value is -1.97. The Bertz CT molecular complexity index is 505. The number of nitrogens with zero attached hydrogens (tertiary/aromatic N) is 2. The lowest BCUT2D eigenvalue weighted by atomic mass is 10.1. The molecule has 1 aromatic heterocycles. The molecule has 0 bridgehead atoms. The zero-order valence-electron chi connectivity index (χ0n) is 8.14. The van der Waals surface area contributed by atoms with E-state index in [-0.39, 0.29) is 5.82 Å². The van der Waals surface area contributed by atoms with Crippen LogP contribution in [0.1, 0.15) is 10.4 Å². The van der Waals surface area contributed by atoms with E-state index >= 15 is 0 Å². The number of halogens is 1. The van der Waals surface area contributed by atoms with Crippen molar-refractivity contribution in [1.82, 2.24) is 9.78 Å². The summed E-state index contributed by atoms with van der Waals surface area (Å²) in [6.45, 7) is 0. The van der Waals surface area contributed by atoms with Crippen molar-refractivity contribution < 1.29 is 9.18 Å². The number of rotatable bonds is 2. The summed E-state index contributed by atoms with van der Waals surface area (Å²) in [5.41, 5.74) is 1.49. The third-order valence-electron chi connectivity index (χ3n) is 2.22. The summed E-state index contributed by atoms with van der Waals surface area (Å²) in [4.78, 5) is 10.6. The number of carbonyl (C=O) groups excluding carboxylic acids is 1. The van der Waals surface area contributed by atoms with Gasteiger partial charge in [0.25, 0.3) is 0 Å². The molecule has 2 aromatic rings. The zero-order valence-corrected chi connectivity index (χ0v) is 8.14. The highest BCUT2D eigenvalue weighted by atomic mass is 19.1. The average molecular weight is 204 g/mol.